The molecule has 0 saturated carbocycles. The first-order valence-corrected chi connectivity index (χ1v) is 10.0. The maximum atomic E-state index is 12.4. The van der Waals surface area contributed by atoms with Gasteiger partial charge in [-0.2, -0.15) is 5.10 Å². The SMILES string of the molecule is COC(=O)c1c(-c2ccccc2Cl)csc1NC(=O)Cn1ncc(Cl)c(Cl)c1=O. The summed E-state index contributed by atoms with van der Waals surface area (Å²) in [6.45, 7) is -0.421. The van der Waals surface area contributed by atoms with Gasteiger partial charge in [-0.3, -0.25) is 9.59 Å². The van der Waals surface area contributed by atoms with Gasteiger partial charge in [0.1, 0.15) is 22.1 Å². The number of rotatable bonds is 5. The number of aromatic nitrogens is 2. The van der Waals surface area contributed by atoms with E-state index in [1.807, 2.05) is 0 Å². The van der Waals surface area contributed by atoms with Crippen molar-refractivity contribution in [2.24, 2.45) is 0 Å². The Labute approximate surface area is 183 Å². The number of amides is 1. The molecule has 1 amide bonds. The lowest BCUT2D eigenvalue weighted by molar-refractivity contribution is -0.117. The van der Waals surface area contributed by atoms with E-state index in [9.17, 15) is 14.4 Å². The van der Waals surface area contributed by atoms with Crippen molar-refractivity contribution in [2.75, 3.05) is 12.4 Å². The van der Waals surface area contributed by atoms with Gasteiger partial charge < -0.3 is 10.1 Å². The van der Waals surface area contributed by atoms with E-state index in [2.05, 4.69) is 10.4 Å². The molecule has 3 rings (SSSR count). The molecule has 0 atom stereocenters. The Morgan fingerprint density at radius 1 is 1.17 bits per heavy atom. The standard InChI is InChI=1S/C18H12Cl3N3O4S/c1-28-18(27)14-10(9-4-2-3-5-11(9)19)8-29-16(14)23-13(25)7-24-17(26)15(21)12(20)6-22-24/h2-6,8H,7H2,1H3,(H,23,25). The maximum absolute atomic E-state index is 12.4. The molecule has 0 aliphatic heterocycles. The van der Waals surface area contributed by atoms with Crippen molar-refractivity contribution in [1.82, 2.24) is 9.78 Å². The molecule has 11 heteroatoms. The fourth-order valence-corrected chi connectivity index (χ4v) is 3.97. The van der Waals surface area contributed by atoms with E-state index in [1.165, 1.54) is 13.3 Å². The topological polar surface area (TPSA) is 90.3 Å². The second-order valence-corrected chi connectivity index (χ2v) is 7.71. The van der Waals surface area contributed by atoms with Gasteiger partial charge in [-0.25, -0.2) is 9.48 Å². The molecular formula is C18H12Cl3N3O4S. The smallest absolute Gasteiger partial charge is 0.341 e. The van der Waals surface area contributed by atoms with E-state index in [-0.39, 0.29) is 20.6 Å². The number of carbonyl (C=O) groups excluding carboxylic acids is 2. The minimum atomic E-state index is -0.703. The zero-order chi connectivity index (χ0) is 21.1. The number of nitrogens with zero attached hydrogens (tertiary/aromatic N) is 2. The number of ether oxygens (including phenoxy) is 1. The van der Waals surface area contributed by atoms with Gasteiger partial charge in [0.25, 0.3) is 5.56 Å². The van der Waals surface area contributed by atoms with Crippen LogP contribution in [0.25, 0.3) is 11.1 Å². The second-order valence-electron chi connectivity index (χ2n) is 5.64. The van der Waals surface area contributed by atoms with E-state index in [0.717, 1.165) is 16.0 Å². The molecule has 3 aromatic rings. The summed E-state index contributed by atoms with van der Waals surface area (Å²) in [5.74, 6) is -1.23. The van der Waals surface area contributed by atoms with Crippen molar-refractivity contribution in [3.05, 3.63) is 66.8 Å². The van der Waals surface area contributed by atoms with Gasteiger partial charge in [-0.15, -0.1) is 11.3 Å². The minimum Gasteiger partial charge on any atom is -0.465 e. The third kappa shape index (κ3) is 4.45. The van der Waals surface area contributed by atoms with Crippen LogP contribution in [-0.4, -0.2) is 28.8 Å². The number of methoxy groups -OCH3 is 1. The van der Waals surface area contributed by atoms with Crippen LogP contribution in [0.2, 0.25) is 15.1 Å². The quantitative estimate of drug-likeness (QED) is 0.557. The lowest BCUT2D eigenvalue weighted by Crippen LogP contribution is -2.30. The number of hydrogen-bond acceptors (Lipinski definition) is 6. The molecule has 0 radical (unpaired) electrons. The average Bonchev–Trinajstić information content (AvgIpc) is 3.11. The van der Waals surface area contributed by atoms with Crippen molar-refractivity contribution >= 4 is 63.0 Å². The predicted molar refractivity (Wildman–Crippen MR) is 113 cm³/mol. The first kappa shape index (κ1) is 21.3. The fourth-order valence-electron chi connectivity index (χ4n) is 2.49. The van der Waals surface area contributed by atoms with E-state index in [4.69, 9.17) is 39.5 Å². The van der Waals surface area contributed by atoms with Crippen molar-refractivity contribution in [2.45, 2.75) is 6.54 Å². The average molecular weight is 473 g/mol. The Morgan fingerprint density at radius 2 is 1.90 bits per heavy atom. The van der Waals surface area contributed by atoms with Gasteiger partial charge in [0, 0.05) is 21.5 Å². The van der Waals surface area contributed by atoms with Crippen LogP contribution in [0.15, 0.2) is 40.6 Å². The predicted octanol–water partition coefficient (Wildman–Crippen LogP) is 4.36. The molecule has 1 N–H and O–H groups in total. The van der Waals surface area contributed by atoms with Crippen LogP contribution in [0.1, 0.15) is 10.4 Å². The highest BCUT2D eigenvalue weighted by molar-refractivity contribution is 7.15. The highest BCUT2D eigenvalue weighted by Crippen LogP contribution is 2.39. The van der Waals surface area contributed by atoms with Crippen molar-refractivity contribution in [3.8, 4) is 11.1 Å². The first-order valence-electron chi connectivity index (χ1n) is 7.99. The molecule has 7 nitrogen and oxygen atoms in total. The summed E-state index contributed by atoms with van der Waals surface area (Å²) >= 11 is 18.9. The van der Waals surface area contributed by atoms with Crippen molar-refractivity contribution < 1.29 is 14.3 Å². The first-order chi connectivity index (χ1) is 13.8. The number of anilines is 1. The summed E-state index contributed by atoms with van der Waals surface area (Å²) in [6.07, 6.45) is 1.17. The van der Waals surface area contributed by atoms with Crippen LogP contribution >= 0.6 is 46.1 Å². The molecule has 150 valence electrons. The zero-order valence-corrected chi connectivity index (χ0v) is 17.8. The molecule has 1 aromatic carbocycles. The van der Waals surface area contributed by atoms with Crippen LogP contribution in [0.4, 0.5) is 5.00 Å². The molecule has 0 unspecified atom stereocenters. The van der Waals surface area contributed by atoms with E-state index >= 15 is 0 Å². The van der Waals surface area contributed by atoms with E-state index in [0.29, 0.717) is 16.1 Å². The summed E-state index contributed by atoms with van der Waals surface area (Å²) in [5, 5.41) is 8.53. The summed E-state index contributed by atoms with van der Waals surface area (Å²) in [5.41, 5.74) is 0.597. The lowest BCUT2D eigenvalue weighted by atomic mass is 10.0. The largest absolute Gasteiger partial charge is 0.465 e. The van der Waals surface area contributed by atoms with Crippen molar-refractivity contribution in [1.29, 1.82) is 0 Å². The molecular weight excluding hydrogens is 461 g/mol. The number of nitrogens with one attached hydrogen (secondary N) is 1. The third-order valence-corrected chi connectivity index (χ3v) is 5.81. The van der Waals surface area contributed by atoms with Crippen LogP contribution < -0.4 is 10.9 Å². The van der Waals surface area contributed by atoms with Crippen LogP contribution in [0.5, 0.6) is 0 Å². The summed E-state index contributed by atoms with van der Waals surface area (Å²) in [7, 11) is 1.24. The lowest BCUT2D eigenvalue weighted by Gasteiger charge is -2.09. The number of carbonyl (C=O) groups is 2. The second kappa shape index (κ2) is 8.96. The normalized spacial score (nSPS) is 10.6. The van der Waals surface area contributed by atoms with Gasteiger partial charge in [-0.05, 0) is 6.07 Å². The molecule has 0 bridgehead atoms. The molecule has 0 spiro atoms. The van der Waals surface area contributed by atoms with Crippen LogP contribution in [-0.2, 0) is 16.1 Å². The van der Waals surface area contributed by atoms with Crippen molar-refractivity contribution in [3.63, 3.8) is 0 Å². The number of esters is 1. The van der Waals surface area contributed by atoms with Crippen LogP contribution in [0, 0.1) is 0 Å². The van der Waals surface area contributed by atoms with Gasteiger partial charge in [0.2, 0.25) is 5.91 Å². The Balaban J connectivity index is 1.93. The Hall–Kier alpha value is -2.39. The number of halogens is 3. The number of benzene rings is 1. The number of thiophene rings is 1. The fraction of sp³-hybridized carbons (Fsp3) is 0.111. The highest BCUT2D eigenvalue weighted by Gasteiger charge is 2.23. The van der Waals surface area contributed by atoms with E-state index < -0.39 is 24.0 Å². The Morgan fingerprint density at radius 3 is 2.59 bits per heavy atom. The maximum Gasteiger partial charge on any atom is 0.341 e. The number of hydrogen-bond donors (Lipinski definition) is 1. The molecule has 0 fully saturated rings. The highest BCUT2D eigenvalue weighted by atomic mass is 35.5. The summed E-state index contributed by atoms with van der Waals surface area (Å²) in [4.78, 5) is 36.9. The molecule has 29 heavy (non-hydrogen) atoms. The van der Waals surface area contributed by atoms with E-state index in [1.54, 1.807) is 29.6 Å². The molecule has 2 heterocycles. The van der Waals surface area contributed by atoms with Gasteiger partial charge in [0.05, 0.1) is 18.3 Å². The molecule has 0 aliphatic carbocycles. The monoisotopic (exact) mass is 471 g/mol. The van der Waals surface area contributed by atoms with Gasteiger partial charge >= 0.3 is 5.97 Å². The van der Waals surface area contributed by atoms with Gasteiger partial charge in [0.15, 0.2) is 0 Å². The van der Waals surface area contributed by atoms with Gasteiger partial charge in [-0.1, -0.05) is 53.0 Å². The molecule has 2 aromatic heterocycles. The zero-order valence-electron chi connectivity index (χ0n) is 14.7. The Bertz CT molecular complexity index is 1160. The minimum absolute atomic E-state index is 0.0102. The molecule has 0 saturated heterocycles. The Kier molecular flexibility index (Phi) is 6.59. The van der Waals surface area contributed by atoms with Crippen LogP contribution in [0.3, 0.4) is 0 Å². The summed E-state index contributed by atoms with van der Waals surface area (Å²) in [6, 6.07) is 6.99. The molecule has 0 aliphatic rings. The summed E-state index contributed by atoms with van der Waals surface area (Å²) < 4.78 is 5.72. The third-order valence-electron chi connectivity index (χ3n) is 3.83.